The van der Waals surface area contributed by atoms with E-state index in [9.17, 15) is 14.0 Å². The van der Waals surface area contributed by atoms with Crippen molar-refractivity contribution in [3.05, 3.63) is 59.4 Å². The van der Waals surface area contributed by atoms with Crippen molar-refractivity contribution >= 4 is 29.1 Å². The molecule has 0 spiro atoms. The fourth-order valence-corrected chi connectivity index (χ4v) is 2.48. The summed E-state index contributed by atoms with van der Waals surface area (Å²) in [5.41, 5.74) is 2.15. The highest BCUT2D eigenvalue weighted by Crippen LogP contribution is 2.30. The number of hydrogen-bond acceptors (Lipinski definition) is 4. The Kier molecular flexibility index (Phi) is 3.83. The average Bonchev–Trinajstić information content (AvgIpc) is 2.67. The highest BCUT2D eigenvalue weighted by atomic mass is 19.1. The monoisotopic (exact) mass is 309 g/mol. The number of benzene rings is 2. The molecule has 0 fully saturated rings. The topological polar surface area (TPSA) is 62.1 Å². The van der Waals surface area contributed by atoms with Crippen LogP contribution in [0, 0.1) is 5.82 Å². The molecule has 0 unspecified atom stereocenters. The molecule has 6 heteroatoms. The van der Waals surface area contributed by atoms with E-state index in [0.29, 0.717) is 28.2 Å². The summed E-state index contributed by atoms with van der Waals surface area (Å²) in [7, 11) is 1.63. The Balaban J connectivity index is 2.27. The van der Waals surface area contributed by atoms with Gasteiger partial charge in [-0.05, 0) is 30.3 Å². The molecule has 0 N–H and O–H groups in total. The van der Waals surface area contributed by atoms with Crippen LogP contribution < -0.4 is 4.90 Å². The van der Waals surface area contributed by atoms with E-state index in [4.69, 9.17) is 0 Å². The van der Waals surface area contributed by atoms with Gasteiger partial charge in [0, 0.05) is 18.2 Å². The number of isocyanates is 1. The SMILES string of the molecule is CN1C(=O)CN=C(c2ccccc2F)c2cc(N=C=O)ccc21. The molecule has 0 radical (unpaired) electrons. The van der Waals surface area contributed by atoms with Crippen LogP contribution in [0.3, 0.4) is 0 Å². The quantitative estimate of drug-likeness (QED) is 0.632. The summed E-state index contributed by atoms with van der Waals surface area (Å²) >= 11 is 0. The Morgan fingerprint density at radius 2 is 2.00 bits per heavy atom. The summed E-state index contributed by atoms with van der Waals surface area (Å²) in [6.07, 6.45) is 1.47. The van der Waals surface area contributed by atoms with Gasteiger partial charge in [-0.1, -0.05) is 12.1 Å². The lowest BCUT2D eigenvalue weighted by atomic mass is 9.99. The number of amides is 1. The smallest absolute Gasteiger partial charge is 0.248 e. The first-order chi connectivity index (χ1) is 11.1. The summed E-state index contributed by atoms with van der Waals surface area (Å²) in [6, 6.07) is 11.1. The van der Waals surface area contributed by atoms with Crippen LogP contribution in [-0.2, 0) is 9.59 Å². The molecule has 0 saturated carbocycles. The van der Waals surface area contributed by atoms with Gasteiger partial charge in [0.05, 0.1) is 17.1 Å². The van der Waals surface area contributed by atoms with Gasteiger partial charge >= 0.3 is 0 Å². The van der Waals surface area contributed by atoms with E-state index in [1.807, 2.05) is 0 Å². The largest absolute Gasteiger partial charge is 0.313 e. The number of nitrogens with zero attached hydrogens (tertiary/aromatic N) is 3. The van der Waals surface area contributed by atoms with Crippen molar-refractivity contribution in [2.24, 2.45) is 9.98 Å². The van der Waals surface area contributed by atoms with E-state index in [1.54, 1.807) is 43.4 Å². The maximum absolute atomic E-state index is 14.2. The molecular weight excluding hydrogens is 297 g/mol. The Morgan fingerprint density at radius 1 is 1.22 bits per heavy atom. The molecule has 5 nitrogen and oxygen atoms in total. The lowest BCUT2D eigenvalue weighted by Crippen LogP contribution is -2.27. The number of fused-ring (bicyclic) bond motifs is 1. The summed E-state index contributed by atoms with van der Waals surface area (Å²) in [6.45, 7) is -0.0822. The van der Waals surface area contributed by atoms with Gasteiger partial charge in [0.15, 0.2) is 0 Å². The average molecular weight is 309 g/mol. The zero-order chi connectivity index (χ0) is 16.4. The van der Waals surface area contributed by atoms with Crippen LogP contribution >= 0.6 is 0 Å². The molecule has 3 rings (SSSR count). The van der Waals surface area contributed by atoms with Crippen LogP contribution in [0.25, 0.3) is 0 Å². The van der Waals surface area contributed by atoms with Gasteiger partial charge in [0.25, 0.3) is 0 Å². The minimum absolute atomic E-state index is 0.0822. The van der Waals surface area contributed by atoms with Gasteiger partial charge in [-0.15, -0.1) is 0 Å². The number of aliphatic imine (C=N–C) groups is 2. The number of hydrogen-bond donors (Lipinski definition) is 0. The molecule has 2 aromatic carbocycles. The molecule has 2 aromatic rings. The van der Waals surface area contributed by atoms with Crippen LogP contribution in [0.15, 0.2) is 52.4 Å². The number of likely N-dealkylation sites (N-methyl/N-ethyl adjacent to an activating group) is 1. The van der Waals surface area contributed by atoms with Crippen molar-refractivity contribution in [3.8, 4) is 0 Å². The van der Waals surface area contributed by atoms with Crippen molar-refractivity contribution in [1.82, 2.24) is 0 Å². The summed E-state index contributed by atoms with van der Waals surface area (Å²) in [5, 5.41) is 0. The Morgan fingerprint density at radius 3 is 2.74 bits per heavy atom. The maximum atomic E-state index is 14.2. The molecule has 0 saturated heterocycles. The van der Waals surface area contributed by atoms with Gasteiger partial charge in [0.1, 0.15) is 12.4 Å². The first-order valence-electron chi connectivity index (χ1n) is 6.90. The molecule has 1 aliphatic rings. The molecule has 23 heavy (non-hydrogen) atoms. The van der Waals surface area contributed by atoms with E-state index in [0.717, 1.165) is 0 Å². The second-order valence-corrected chi connectivity index (χ2v) is 5.00. The maximum Gasteiger partial charge on any atom is 0.248 e. The second kappa shape index (κ2) is 5.94. The van der Waals surface area contributed by atoms with Crippen molar-refractivity contribution in [2.45, 2.75) is 0 Å². The lowest BCUT2D eigenvalue weighted by Gasteiger charge is -2.18. The molecule has 0 atom stereocenters. The molecule has 1 aliphatic heterocycles. The van der Waals surface area contributed by atoms with E-state index < -0.39 is 5.82 Å². The fraction of sp³-hybridized carbons (Fsp3) is 0.118. The van der Waals surface area contributed by atoms with E-state index in [-0.39, 0.29) is 12.5 Å². The third kappa shape index (κ3) is 2.67. The highest BCUT2D eigenvalue weighted by molar-refractivity contribution is 6.20. The number of halogens is 1. The van der Waals surface area contributed by atoms with Crippen molar-refractivity contribution in [2.75, 3.05) is 18.5 Å². The minimum Gasteiger partial charge on any atom is -0.313 e. The zero-order valence-electron chi connectivity index (χ0n) is 12.3. The first kappa shape index (κ1) is 14.8. The summed E-state index contributed by atoms with van der Waals surface area (Å²) in [5.74, 6) is -0.636. The number of anilines is 1. The number of rotatable bonds is 2. The van der Waals surface area contributed by atoms with Crippen LogP contribution in [0.4, 0.5) is 15.8 Å². The summed E-state index contributed by atoms with van der Waals surface area (Å²) in [4.78, 5) is 31.9. The van der Waals surface area contributed by atoms with Crippen molar-refractivity contribution in [3.63, 3.8) is 0 Å². The molecule has 0 aromatic heterocycles. The Bertz CT molecular complexity index is 870. The predicted molar refractivity (Wildman–Crippen MR) is 84.5 cm³/mol. The van der Waals surface area contributed by atoms with Gasteiger partial charge in [-0.3, -0.25) is 9.79 Å². The molecule has 0 bridgehead atoms. The molecule has 1 heterocycles. The fourth-order valence-electron chi connectivity index (χ4n) is 2.48. The standard InChI is InChI=1S/C17H12FN3O2/c1-21-15-7-6-11(20-10-22)8-13(15)17(19-9-16(21)23)12-4-2-3-5-14(12)18/h2-8H,9H2,1H3. The molecule has 1 amide bonds. The normalized spacial score (nSPS) is 13.7. The van der Waals surface area contributed by atoms with E-state index >= 15 is 0 Å². The Labute approximate surface area is 131 Å². The minimum atomic E-state index is -0.432. The third-order valence-electron chi connectivity index (χ3n) is 3.65. The van der Waals surface area contributed by atoms with E-state index in [1.165, 1.54) is 17.0 Å². The van der Waals surface area contributed by atoms with Crippen LogP contribution in [0.2, 0.25) is 0 Å². The van der Waals surface area contributed by atoms with Crippen LogP contribution in [-0.4, -0.2) is 31.3 Å². The van der Waals surface area contributed by atoms with E-state index in [2.05, 4.69) is 9.98 Å². The highest BCUT2D eigenvalue weighted by Gasteiger charge is 2.24. The van der Waals surface area contributed by atoms with Gasteiger partial charge in [-0.2, -0.15) is 4.99 Å². The molecule has 114 valence electrons. The zero-order valence-corrected chi connectivity index (χ0v) is 12.3. The van der Waals surface area contributed by atoms with Crippen LogP contribution in [0.5, 0.6) is 0 Å². The summed E-state index contributed by atoms with van der Waals surface area (Å²) < 4.78 is 14.2. The van der Waals surface area contributed by atoms with Crippen molar-refractivity contribution < 1.29 is 14.0 Å². The van der Waals surface area contributed by atoms with Crippen LogP contribution in [0.1, 0.15) is 11.1 Å². The van der Waals surface area contributed by atoms with Gasteiger partial charge in [0.2, 0.25) is 12.0 Å². The number of carbonyl (C=O) groups excluding carboxylic acids is 2. The lowest BCUT2D eigenvalue weighted by molar-refractivity contribution is -0.116. The van der Waals surface area contributed by atoms with Crippen molar-refractivity contribution in [1.29, 1.82) is 0 Å². The molecular formula is C17H12FN3O2. The van der Waals surface area contributed by atoms with Gasteiger partial charge < -0.3 is 4.90 Å². The molecule has 0 aliphatic carbocycles. The second-order valence-electron chi connectivity index (χ2n) is 5.00. The number of carbonyl (C=O) groups is 1. The Hall–Kier alpha value is -3.11. The first-order valence-corrected chi connectivity index (χ1v) is 6.90. The third-order valence-corrected chi connectivity index (χ3v) is 3.65. The number of benzodiazepines with no additional fused rings is 1. The van der Waals surface area contributed by atoms with Gasteiger partial charge in [-0.25, -0.2) is 9.18 Å². The predicted octanol–water partition coefficient (Wildman–Crippen LogP) is 2.61.